The normalized spacial score (nSPS) is 60.6. The highest BCUT2D eigenvalue weighted by Crippen LogP contribution is 2.88. The van der Waals surface area contributed by atoms with Gasteiger partial charge >= 0.3 is 11.9 Å². The quantitative estimate of drug-likeness (QED) is 0.491. The van der Waals surface area contributed by atoms with Crippen LogP contribution in [-0.4, -0.2) is 69.6 Å². The molecule has 2 N–H and O–H groups in total. The molecule has 6 aliphatic carbocycles. The highest BCUT2D eigenvalue weighted by atomic mass is 16.6. The lowest BCUT2D eigenvalue weighted by molar-refractivity contribution is -0.284. The monoisotopic (exact) mass is 457 g/mol. The van der Waals surface area contributed by atoms with E-state index < -0.39 is 35.1 Å². The maximum absolute atomic E-state index is 12.7. The topological polar surface area (TPSA) is 96.3 Å². The van der Waals surface area contributed by atoms with Crippen LogP contribution in [0.3, 0.4) is 0 Å². The summed E-state index contributed by atoms with van der Waals surface area (Å²) in [4.78, 5) is 27.3. The molecule has 0 radical (unpaired) electrons. The van der Waals surface area contributed by atoms with Gasteiger partial charge in [-0.25, -0.2) is 0 Å². The second kappa shape index (κ2) is 5.68. The summed E-state index contributed by atoms with van der Waals surface area (Å²) >= 11 is 0. The third-order valence-corrected chi connectivity index (χ3v) is 11.3. The summed E-state index contributed by atoms with van der Waals surface area (Å²) in [5, 5.41) is 24.6. The van der Waals surface area contributed by atoms with E-state index in [1.807, 2.05) is 13.8 Å². The fraction of sp³-hybridized carbons (Fsp3) is 0.846. The Morgan fingerprint density at radius 3 is 2.58 bits per heavy atom. The van der Waals surface area contributed by atoms with Crippen LogP contribution in [0.1, 0.15) is 53.4 Å². The molecule has 0 aromatic rings. The predicted molar refractivity (Wildman–Crippen MR) is 117 cm³/mol. The van der Waals surface area contributed by atoms with Crippen molar-refractivity contribution in [2.24, 2.45) is 39.9 Å². The summed E-state index contributed by atoms with van der Waals surface area (Å²) in [6, 6.07) is 0.162. The molecule has 2 spiro atoms. The van der Waals surface area contributed by atoms with E-state index in [9.17, 15) is 19.8 Å². The van der Waals surface area contributed by atoms with Crippen molar-refractivity contribution < 1.29 is 29.3 Å². The molecule has 0 amide bonds. The van der Waals surface area contributed by atoms with Crippen LogP contribution in [-0.2, 0) is 19.1 Å². The Kier molecular flexibility index (Phi) is 3.60. The average Bonchev–Trinajstić information content (AvgIpc) is 3.10. The maximum atomic E-state index is 12.7. The number of carbonyl (C=O) groups excluding carboxylic acids is 2. The van der Waals surface area contributed by atoms with Crippen molar-refractivity contribution in [1.82, 2.24) is 4.90 Å². The van der Waals surface area contributed by atoms with Gasteiger partial charge in [0.15, 0.2) is 0 Å². The zero-order valence-corrected chi connectivity index (χ0v) is 19.9. The molecule has 1 unspecified atom stereocenters. The molecule has 7 heteroatoms. The van der Waals surface area contributed by atoms with Gasteiger partial charge < -0.3 is 19.7 Å². The van der Waals surface area contributed by atoms with E-state index in [4.69, 9.17) is 9.47 Å². The van der Waals surface area contributed by atoms with Gasteiger partial charge in [0.05, 0.1) is 12.0 Å². The molecule has 3 saturated heterocycles. The van der Waals surface area contributed by atoms with Crippen molar-refractivity contribution in [2.45, 2.75) is 89.4 Å². The number of piperidine rings is 2. The minimum atomic E-state index is -1.22. The van der Waals surface area contributed by atoms with E-state index in [0.717, 1.165) is 25.0 Å². The molecule has 3 heterocycles. The van der Waals surface area contributed by atoms with Crippen molar-refractivity contribution in [3.63, 3.8) is 0 Å². The SMILES string of the molecule is C=C1C[C@@]23C[C@H]4[C@@H]5[C@@]6(C)C[C@H](OC(=O)C(C)C)C[C@@]57[C@H]2[C@H](O)[C@H]1[C@H](OC(C)=O)[C@]3(O)[C@H]7N4C6. The first-order valence-corrected chi connectivity index (χ1v) is 12.6. The number of fused-ring (bicyclic) bond motifs is 1. The van der Waals surface area contributed by atoms with Crippen molar-refractivity contribution in [3.05, 3.63) is 12.2 Å². The summed E-state index contributed by atoms with van der Waals surface area (Å²) in [7, 11) is 0. The second-order valence-electron chi connectivity index (χ2n) is 13.1. The van der Waals surface area contributed by atoms with Gasteiger partial charge in [0.2, 0.25) is 0 Å². The summed E-state index contributed by atoms with van der Waals surface area (Å²) < 4.78 is 11.9. The summed E-state index contributed by atoms with van der Waals surface area (Å²) in [6.07, 6.45) is 1.27. The van der Waals surface area contributed by atoms with Crippen LogP contribution in [0.15, 0.2) is 12.2 Å². The van der Waals surface area contributed by atoms with Crippen LogP contribution in [0, 0.1) is 39.9 Å². The van der Waals surface area contributed by atoms with Crippen LogP contribution in [0.4, 0.5) is 0 Å². The molecule has 3 aliphatic heterocycles. The molecule has 6 saturated carbocycles. The fourth-order valence-electron chi connectivity index (χ4n) is 11.3. The molecule has 9 rings (SSSR count). The molecule has 180 valence electrons. The van der Waals surface area contributed by atoms with E-state index >= 15 is 0 Å². The number of rotatable bonds is 3. The number of hydrogen-bond donors (Lipinski definition) is 2. The van der Waals surface area contributed by atoms with Crippen molar-refractivity contribution in [1.29, 1.82) is 0 Å². The number of ether oxygens (including phenoxy) is 2. The first-order chi connectivity index (χ1) is 15.4. The Morgan fingerprint density at radius 1 is 1.18 bits per heavy atom. The van der Waals surface area contributed by atoms with E-state index in [2.05, 4.69) is 18.4 Å². The molecule has 0 aromatic carbocycles. The van der Waals surface area contributed by atoms with Crippen LogP contribution in [0.25, 0.3) is 0 Å². The number of aliphatic hydroxyl groups is 2. The molecule has 33 heavy (non-hydrogen) atoms. The van der Waals surface area contributed by atoms with Gasteiger partial charge in [-0.05, 0) is 37.0 Å². The van der Waals surface area contributed by atoms with E-state index in [1.54, 1.807) is 0 Å². The molecular formula is C26H35NO6. The van der Waals surface area contributed by atoms with Gasteiger partial charge in [0.1, 0.15) is 17.8 Å². The molecule has 7 nitrogen and oxygen atoms in total. The summed E-state index contributed by atoms with van der Waals surface area (Å²) in [5.41, 5.74) is -1.24. The van der Waals surface area contributed by atoms with Gasteiger partial charge in [-0.1, -0.05) is 32.9 Å². The van der Waals surface area contributed by atoms with Crippen molar-refractivity contribution in [2.75, 3.05) is 6.54 Å². The smallest absolute Gasteiger partial charge is 0.308 e. The first-order valence-electron chi connectivity index (χ1n) is 12.6. The van der Waals surface area contributed by atoms with Crippen LogP contribution in [0.2, 0.25) is 0 Å². The number of nitrogens with zero attached hydrogens (tertiary/aromatic N) is 1. The molecule has 9 fully saturated rings. The predicted octanol–water partition coefficient (Wildman–Crippen LogP) is 1.66. The van der Waals surface area contributed by atoms with Crippen LogP contribution >= 0.6 is 0 Å². The van der Waals surface area contributed by atoms with Crippen molar-refractivity contribution >= 4 is 11.9 Å². The Balaban J connectivity index is 1.41. The van der Waals surface area contributed by atoms with Gasteiger partial charge in [-0.3, -0.25) is 14.5 Å². The van der Waals surface area contributed by atoms with Gasteiger partial charge in [0, 0.05) is 48.2 Å². The van der Waals surface area contributed by atoms with Crippen LogP contribution in [0.5, 0.6) is 0 Å². The first kappa shape index (κ1) is 20.9. The lowest BCUT2D eigenvalue weighted by Gasteiger charge is -2.68. The number of hydrogen-bond acceptors (Lipinski definition) is 7. The molecule has 13 atom stereocenters. The minimum absolute atomic E-state index is 0.0241. The maximum Gasteiger partial charge on any atom is 0.308 e. The lowest BCUT2D eigenvalue weighted by atomic mass is 9.39. The van der Waals surface area contributed by atoms with E-state index in [0.29, 0.717) is 24.8 Å². The zero-order valence-electron chi connectivity index (χ0n) is 19.9. The Morgan fingerprint density at radius 2 is 1.91 bits per heavy atom. The molecule has 9 aliphatic rings. The number of aliphatic hydroxyl groups excluding tert-OH is 1. The van der Waals surface area contributed by atoms with E-state index in [-0.39, 0.29) is 40.8 Å². The number of esters is 2. The molecular weight excluding hydrogens is 422 g/mol. The zero-order chi connectivity index (χ0) is 23.5. The molecule has 9 bridgehead atoms. The van der Waals surface area contributed by atoms with Gasteiger partial charge in [0.25, 0.3) is 0 Å². The van der Waals surface area contributed by atoms with Crippen LogP contribution < -0.4 is 0 Å². The minimum Gasteiger partial charge on any atom is -0.462 e. The summed E-state index contributed by atoms with van der Waals surface area (Å²) in [6.45, 7) is 12.5. The number of carbonyl (C=O) groups is 2. The Bertz CT molecular complexity index is 1010. The third kappa shape index (κ3) is 1.90. The average molecular weight is 458 g/mol. The van der Waals surface area contributed by atoms with E-state index in [1.165, 1.54) is 6.92 Å². The highest BCUT2D eigenvalue weighted by molar-refractivity contribution is 5.71. The lowest BCUT2D eigenvalue weighted by Crippen LogP contribution is -2.77. The molecule has 0 aromatic heterocycles. The Labute approximate surface area is 194 Å². The fourth-order valence-corrected chi connectivity index (χ4v) is 11.3. The summed E-state index contributed by atoms with van der Waals surface area (Å²) in [5.74, 6) is -1.01. The largest absolute Gasteiger partial charge is 0.462 e. The highest BCUT2D eigenvalue weighted by Gasteiger charge is 2.95. The van der Waals surface area contributed by atoms with Gasteiger partial charge in [-0.2, -0.15) is 0 Å². The second-order valence-corrected chi connectivity index (χ2v) is 13.1. The van der Waals surface area contributed by atoms with Crippen molar-refractivity contribution in [3.8, 4) is 0 Å². The third-order valence-electron chi connectivity index (χ3n) is 11.3. The Hall–Kier alpha value is -1.44. The standard InChI is InChI=1S/C26H35NO6/c1-11(2)21(30)33-14-7-23(5)10-27-15-9-24-6-12(3)16-17(29)19(24)25(8-14,18(15)23)22(27)26(24,31)20(16)32-13(4)28/h11,14-20,22,29,31H,3,6-10H2,1-2,4-5H3/t14-,15-,16-,17+,18+,19-,20-,22-,23-,24+,25-,26-/m0/s1. The van der Waals surface area contributed by atoms with Gasteiger partial charge in [-0.15, -0.1) is 0 Å².